The smallest absolute Gasteiger partial charge is 0.192 e. The van der Waals surface area contributed by atoms with Gasteiger partial charge in [-0.1, -0.05) is 79.1 Å². The first-order chi connectivity index (χ1) is 20.0. The number of carbonyl (C=O) groups excluding carboxylic acids is 3. The molecule has 4 aliphatic carbocycles. The quantitative estimate of drug-likeness (QED) is 0.180. The van der Waals surface area contributed by atoms with E-state index in [2.05, 4.69) is 32.9 Å². The van der Waals surface area contributed by atoms with Gasteiger partial charge in [-0.05, 0) is 98.3 Å². The number of rotatable bonds is 9. The van der Waals surface area contributed by atoms with Crippen molar-refractivity contribution in [3.8, 4) is 0 Å². The summed E-state index contributed by atoms with van der Waals surface area (Å²) in [4.78, 5) is 46.0. The van der Waals surface area contributed by atoms with Gasteiger partial charge in [0.15, 0.2) is 28.6 Å². The number of hydrogen-bond donors (Lipinski definition) is 1. The van der Waals surface area contributed by atoms with E-state index in [0.717, 1.165) is 24.0 Å². The molecule has 5 nitrogen and oxygen atoms in total. The summed E-state index contributed by atoms with van der Waals surface area (Å²) in [6.07, 6.45) is 9.42. The van der Waals surface area contributed by atoms with Crippen LogP contribution < -0.4 is 0 Å². The predicted octanol–water partition coefficient (Wildman–Crippen LogP) is 7.98. The number of hydrogen-bond acceptors (Lipinski definition) is 5. The third-order valence-corrected chi connectivity index (χ3v) is 11.8. The molecule has 0 spiro atoms. The molecule has 5 fully saturated rings. The van der Waals surface area contributed by atoms with Crippen molar-refractivity contribution in [2.45, 2.75) is 112 Å². The minimum atomic E-state index is -2.04. The average Bonchev–Trinajstić information content (AvgIpc) is 3.01. The van der Waals surface area contributed by atoms with E-state index in [1.54, 1.807) is 24.3 Å². The molecule has 5 heteroatoms. The zero-order valence-corrected chi connectivity index (χ0v) is 27.6. The van der Waals surface area contributed by atoms with Crippen molar-refractivity contribution >= 4 is 17.3 Å². The molecule has 0 radical (unpaired) electrons. The van der Waals surface area contributed by atoms with Gasteiger partial charge in [0.05, 0.1) is 16.4 Å². The highest BCUT2D eigenvalue weighted by molar-refractivity contribution is 6.34. The Morgan fingerprint density at radius 3 is 2.14 bits per heavy atom. The Bertz CT molecular complexity index is 1440. The van der Waals surface area contributed by atoms with Gasteiger partial charge in [-0.2, -0.15) is 0 Å². The second kappa shape index (κ2) is 10.2. The highest BCUT2D eigenvalue weighted by Crippen LogP contribution is 2.80. The van der Waals surface area contributed by atoms with Crippen molar-refractivity contribution in [1.29, 1.82) is 0 Å². The lowest BCUT2D eigenvalue weighted by Crippen LogP contribution is -2.80. The topological polar surface area (TPSA) is 80.7 Å². The van der Waals surface area contributed by atoms with Gasteiger partial charge in [0.25, 0.3) is 0 Å². The molecule has 4 unspecified atom stereocenters. The van der Waals surface area contributed by atoms with Gasteiger partial charge in [0.1, 0.15) is 0 Å². The van der Waals surface area contributed by atoms with Crippen LogP contribution >= 0.6 is 0 Å². The molecule has 1 saturated heterocycles. The number of aliphatic hydroxyl groups is 1. The molecule has 6 rings (SSSR count). The van der Waals surface area contributed by atoms with E-state index in [4.69, 9.17) is 4.74 Å². The first-order valence-electron chi connectivity index (χ1n) is 16.0. The number of ketones is 3. The fraction of sp³-hybridized carbons (Fsp3) is 0.605. The Morgan fingerprint density at radius 2 is 1.53 bits per heavy atom. The Balaban J connectivity index is 1.83. The van der Waals surface area contributed by atoms with E-state index in [-0.39, 0.29) is 24.7 Å². The molecule has 5 aliphatic rings. The van der Waals surface area contributed by atoms with Crippen molar-refractivity contribution in [3.63, 3.8) is 0 Å². The summed E-state index contributed by atoms with van der Waals surface area (Å²) in [6.45, 7) is 18.0. The summed E-state index contributed by atoms with van der Waals surface area (Å²) in [6, 6.07) is 8.80. The summed E-state index contributed by atoms with van der Waals surface area (Å²) in [7, 11) is 0. The van der Waals surface area contributed by atoms with Gasteiger partial charge in [-0.25, -0.2) is 0 Å². The van der Waals surface area contributed by atoms with Crippen LogP contribution in [0.1, 0.15) is 111 Å². The van der Waals surface area contributed by atoms with Crippen LogP contribution in [0.2, 0.25) is 0 Å². The minimum absolute atomic E-state index is 0.142. The Kier molecular flexibility index (Phi) is 7.54. The molecule has 1 aromatic rings. The van der Waals surface area contributed by atoms with Crippen LogP contribution in [0.4, 0.5) is 0 Å². The monoisotopic (exact) mass is 586 g/mol. The van der Waals surface area contributed by atoms with Crippen LogP contribution in [-0.4, -0.2) is 33.8 Å². The largest absolute Gasteiger partial charge is 0.364 e. The van der Waals surface area contributed by atoms with Crippen LogP contribution in [0.3, 0.4) is 0 Å². The van der Waals surface area contributed by atoms with Gasteiger partial charge in [0.2, 0.25) is 0 Å². The standard InChI is InChI=1S/C38H50O5/c1-24(2)14-13-15-26(5)19-20-35-23-28-22-29-34(8,9)43-38(35,42)36(29,21-18-25(3)4)32(41)37(31(35)40,33(28,6)7)30(39)27-16-11-10-12-17-27/h10-12,14,16-19,28-29,42H,13,15,20-23H2,1-9H3/b26-19+/t28-,29-,35?,36?,37?,38?/m0/s1. The van der Waals surface area contributed by atoms with Gasteiger partial charge < -0.3 is 9.84 Å². The molecule has 1 aliphatic heterocycles. The van der Waals surface area contributed by atoms with E-state index >= 15 is 9.59 Å². The zero-order chi connectivity index (χ0) is 31.8. The Hall–Kier alpha value is -2.63. The van der Waals surface area contributed by atoms with E-state index in [1.807, 2.05) is 53.7 Å². The maximum absolute atomic E-state index is 15.6. The summed E-state index contributed by atoms with van der Waals surface area (Å²) < 4.78 is 6.73. The molecule has 1 heterocycles. The molecular weight excluding hydrogens is 536 g/mol. The molecular formula is C38H50O5. The van der Waals surface area contributed by atoms with E-state index in [9.17, 15) is 9.90 Å². The minimum Gasteiger partial charge on any atom is -0.364 e. The average molecular weight is 587 g/mol. The number of carbonyl (C=O) groups is 3. The Morgan fingerprint density at radius 1 is 0.907 bits per heavy atom. The van der Waals surface area contributed by atoms with Crippen molar-refractivity contribution in [2.24, 2.45) is 33.5 Å². The maximum Gasteiger partial charge on any atom is 0.192 e. The number of ether oxygens (including phenoxy) is 1. The lowest BCUT2D eigenvalue weighted by molar-refractivity contribution is -0.324. The zero-order valence-electron chi connectivity index (χ0n) is 27.6. The van der Waals surface area contributed by atoms with Crippen LogP contribution in [0.25, 0.3) is 0 Å². The van der Waals surface area contributed by atoms with E-state index < -0.39 is 50.4 Å². The number of allylic oxidation sites excluding steroid dienone is 6. The Labute approximate surface area is 257 Å². The van der Waals surface area contributed by atoms with Gasteiger partial charge in [-0.3, -0.25) is 14.4 Å². The van der Waals surface area contributed by atoms with Crippen LogP contribution in [-0.2, 0) is 14.3 Å². The van der Waals surface area contributed by atoms with E-state index in [0.29, 0.717) is 18.4 Å². The lowest BCUT2D eigenvalue weighted by Gasteiger charge is -2.65. The van der Waals surface area contributed by atoms with Gasteiger partial charge >= 0.3 is 0 Å². The first-order valence-corrected chi connectivity index (χ1v) is 16.0. The highest BCUT2D eigenvalue weighted by atomic mass is 16.7. The molecule has 232 valence electrons. The molecule has 0 aromatic heterocycles. The van der Waals surface area contributed by atoms with Crippen LogP contribution in [0, 0.1) is 33.5 Å². The maximum atomic E-state index is 15.6. The molecule has 6 atom stereocenters. The van der Waals surface area contributed by atoms with Crippen molar-refractivity contribution in [2.75, 3.05) is 0 Å². The van der Waals surface area contributed by atoms with E-state index in [1.165, 1.54) is 5.57 Å². The highest BCUT2D eigenvalue weighted by Gasteiger charge is 2.92. The van der Waals surface area contributed by atoms with Crippen molar-refractivity contribution in [1.82, 2.24) is 0 Å². The predicted molar refractivity (Wildman–Crippen MR) is 169 cm³/mol. The van der Waals surface area contributed by atoms with Crippen LogP contribution in [0.5, 0.6) is 0 Å². The molecule has 0 amide bonds. The number of Topliss-reactive ketones (excluding diaryl/α,β-unsaturated/α-hetero) is 3. The normalized spacial score (nSPS) is 36.8. The summed E-state index contributed by atoms with van der Waals surface area (Å²) in [5.41, 5.74) is -2.89. The first kappa shape index (κ1) is 31.8. The summed E-state index contributed by atoms with van der Waals surface area (Å²) in [5, 5.41) is 13.2. The molecule has 43 heavy (non-hydrogen) atoms. The van der Waals surface area contributed by atoms with Crippen molar-refractivity contribution in [3.05, 3.63) is 70.8 Å². The molecule has 6 bridgehead atoms. The fourth-order valence-corrected chi connectivity index (χ4v) is 9.50. The SMILES string of the molecule is CC(C)=CCC/C(C)=C/CC12C[C@@H]3C[C@H]4C(C)(C)OC1(O)C4(CC=C(C)C)C(=O)C(C(=O)c1ccccc1)(C2=O)C3(C)C. The van der Waals surface area contributed by atoms with Crippen LogP contribution in [0.15, 0.2) is 65.3 Å². The van der Waals surface area contributed by atoms with Gasteiger partial charge in [-0.15, -0.1) is 0 Å². The number of benzene rings is 1. The molecule has 1 N–H and O–H groups in total. The van der Waals surface area contributed by atoms with Gasteiger partial charge in [0, 0.05) is 11.5 Å². The fourth-order valence-electron chi connectivity index (χ4n) is 9.50. The second-order valence-electron chi connectivity index (χ2n) is 15.5. The summed E-state index contributed by atoms with van der Waals surface area (Å²) in [5.74, 6) is -3.88. The summed E-state index contributed by atoms with van der Waals surface area (Å²) >= 11 is 0. The van der Waals surface area contributed by atoms with Crippen molar-refractivity contribution < 1.29 is 24.2 Å². The lowest BCUT2D eigenvalue weighted by atomic mass is 9.35. The third-order valence-electron chi connectivity index (χ3n) is 11.8. The molecule has 1 aromatic carbocycles. The third kappa shape index (κ3) is 3.99. The molecule has 4 saturated carbocycles. The second-order valence-corrected chi connectivity index (χ2v) is 15.5.